The summed E-state index contributed by atoms with van der Waals surface area (Å²) < 4.78 is 115. The van der Waals surface area contributed by atoms with Gasteiger partial charge in [-0.25, -0.2) is 9.03 Å². The maximum Gasteiger partial charge on any atom is 0.516 e. The predicted octanol–water partition coefficient (Wildman–Crippen LogP) is -0.131. The Kier molecular flexibility index (Phi) is 6.30. The van der Waals surface area contributed by atoms with Gasteiger partial charge >= 0.3 is 42.9 Å². The van der Waals surface area contributed by atoms with E-state index >= 15 is 0 Å². The number of nitrogens with one attached hydrogen (secondary N) is 1. The zero-order chi connectivity index (χ0) is 18.9. The fourth-order valence-corrected chi connectivity index (χ4v) is 2.47. The maximum atomic E-state index is 12.3. The molecule has 0 unspecified atom stereocenters. The van der Waals surface area contributed by atoms with E-state index in [9.17, 15) is 52.8 Å². The van der Waals surface area contributed by atoms with Gasteiger partial charge in [0.1, 0.15) is 0 Å². The predicted molar refractivity (Wildman–Crippen MR) is 60.5 cm³/mol. The molecule has 0 aliphatic carbocycles. The Hall–Kier alpha value is -1.29. The van der Waals surface area contributed by atoms with Crippen LogP contribution in [0, 0.1) is 0 Å². The normalized spacial score (nSPS) is 13.5. The number of hydrogen-bond donors (Lipinski definition) is 1. The third-order valence-corrected chi connectivity index (χ3v) is 4.57. The quantitative estimate of drug-likeness (QED) is 0.389. The molecule has 0 aliphatic rings. The van der Waals surface area contributed by atoms with Crippen molar-refractivity contribution in [1.29, 1.82) is 0 Å². The Morgan fingerprint density at radius 3 is 1.70 bits per heavy atom. The average molecular weight is 415 g/mol. The second-order valence-electron chi connectivity index (χ2n) is 3.40. The number of carbonyl (C=O) groups excluding carboxylic acids is 2. The SMILES string of the molecule is O=C(NS(=O)(=O)C(F)(F)F)C(=O)N(CCCl)S(=O)(=O)C(F)(F)F. The molecule has 0 rings (SSSR count). The standard InChI is InChI=1S/C6H5ClF6N2O6S2/c7-1-2-15(23(20,21)6(11,12)13)4(17)3(16)14-22(18,19)5(8,9)10/h1-2H2,(H,14,16). The van der Waals surface area contributed by atoms with Gasteiger partial charge in [0.15, 0.2) is 0 Å². The van der Waals surface area contributed by atoms with Gasteiger partial charge in [0.2, 0.25) is 0 Å². The van der Waals surface area contributed by atoms with Gasteiger partial charge in [0.25, 0.3) is 0 Å². The number of nitrogens with zero attached hydrogens (tertiary/aromatic N) is 1. The molecular weight excluding hydrogens is 410 g/mol. The van der Waals surface area contributed by atoms with Gasteiger partial charge in [-0.3, -0.25) is 9.59 Å². The van der Waals surface area contributed by atoms with Crippen molar-refractivity contribution in [3.63, 3.8) is 0 Å². The smallest absolute Gasteiger partial charge is 0.262 e. The number of alkyl halides is 7. The van der Waals surface area contributed by atoms with Gasteiger partial charge in [-0.1, -0.05) is 0 Å². The molecule has 136 valence electrons. The van der Waals surface area contributed by atoms with Crippen LogP contribution in [0.15, 0.2) is 0 Å². The summed E-state index contributed by atoms with van der Waals surface area (Å²) in [5.41, 5.74) is -12.2. The van der Waals surface area contributed by atoms with Gasteiger partial charge in [0, 0.05) is 5.88 Å². The lowest BCUT2D eigenvalue weighted by molar-refractivity contribution is -0.142. The molecule has 0 heterocycles. The van der Waals surface area contributed by atoms with Crippen LogP contribution in [0.5, 0.6) is 0 Å². The lowest BCUT2D eigenvalue weighted by Crippen LogP contribution is -2.53. The first-order chi connectivity index (χ1) is 9.99. The molecule has 0 saturated heterocycles. The van der Waals surface area contributed by atoms with Crippen LogP contribution in [0.25, 0.3) is 0 Å². The summed E-state index contributed by atoms with van der Waals surface area (Å²) in [6.07, 6.45) is 0. The summed E-state index contributed by atoms with van der Waals surface area (Å²) in [6, 6.07) is 0. The van der Waals surface area contributed by atoms with E-state index in [1.165, 1.54) is 0 Å². The minimum absolute atomic E-state index is 0.101. The van der Waals surface area contributed by atoms with Crippen LogP contribution >= 0.6 is 11.6 Å². The molecule has 0 bridgehead atoms. The Labute approximate surface area is 129 Å². The van der Waals surface area contributed by atoms with Crippen molar-refractivity contribution in [2.24, 2.45) is 0 Å². The van der Waals surface area contributed by atoms with Crippen molar-refractivity contribution in [3.05, 3.63) is 0 Å². The van der Waals surface area contributed by atoms with Crippen LogP contribution in [0.1, 0.15) is 0 Å². The number of sulfonamides is 2. The third-order valence-electron chi connectivity index (χ3n) is 1.82. The molecule has 0 aromatic carbocycles. The highest BCUT2D eigenvalue weighted by atomic mass is 35.5. The summed E-state index contributed by atoms with van der Waals surface area (Å²) in [4.78, 5) is 22.3. The fourth-order valence-electron chi connectivity index (χ4n) is 0.869. The number of rotatable bonds is 4. The molecule has 1 N–H and O–H groups in total. The fraction of sp³-hybridized carbons (Fsp3) is 0.667. The van der Waals surface area contributed by atoms with Crippen molar-refractivity contribution >= 4 is 43.5 Å². The Morgan fingerprint density at radius 1 is 0.957 bits per heavy atom. The van der Waals surface area contributed by atoms with Crippen molar-refractivity contribution in [3.8, 4) is 0 Å². The van der Waals surface area contributed by atoms with Crippen LogP contribution in [-0.4, -0.2) is 56.4 Å². The first kappa shape index (κ1) is 21.7. The first-order valence-electron chi connectivity index (χ1n) is 4.81. The summed E-state index contributed by atoms with van der Waals surface area (Å²) >= 11 is 4.95. The van der Waals surface area contributed by atoms with Crippen LogP contribution in [0.4, 0.5) is 26.3 Å². The number of amides is 2. The largest absolute Gasteiger partial charge is 0.516 e. The molecule has 8 nitrogen and oxygen atoms in total. The van der Waals surface area contributed by atoms with Crippen LogP contribution < -0.4 is 4.72 Å². The van der Waals surface area contributed by atoms with E-state index in [0.717, 1.165) is 0 Å². The highest BCUT2D eigenvalue weighted by molar-refractivity contribution is 7.91. The van der Waals surface area contributed by atoms with E-state index in [-0.39, 0.29) is 4.72 Å². The summed E-state index contributed by atoms with van der Waals surface area (Å²) in [5, 5.41) is 0. The maximum absolute atomic E-state index is 12.3. The van der Waals surface area contributed by atoms with E-state index in [1.807, 2.05) is 0 Å². The molecule has 0 aromatic rings. The molecule has 0 saturated carbocycles. The van der Waals surface area contributed by atoms with Crippen LogP contribution in [0.3, 0.4) is 0 Å². The molecule has 17 heteroatoms. The van der Waals surface area contributed by atoms with Crippen molar-refractivity contribution in [1.82, 2.24) is 9.03 Å². The average Bonchev–Trinajstić information content (AvgIpc) is 2.31. The second kappa shape index (κ2) is 6.68. The highest BCUT2D eigenvalue weighted by Crippen LogP contribution is 2.27. The minimum atomic E-state index is -6.47. The van der Waals surface area contributed by atoms with Crippen LogP contribution in [0.2, 0.25) is 0 Å². The molecular formula is C6H5ClF6N2O6S2. The molecule has 0 fully saturated rings. The van der Waals surface area contributed by atoms with E-state index in [1.54, 1.807) is 0 Å². The van der Waals surface area contributed by atoms with Gasteiger partial charge in [-0.05, 0) is 0 Å². The van der Waals surface area contributed by atoms with Crippen molar-refractivity contribution in [2.45, 2.75) is 11.0 Å². The van der Waals surface area contributed by atoms with Gasteiger partial charge in [-0.2, -0.15) is 43.2 Å². The zero-order valence-corrected chi connectivity index (χ0v) is 12.7. The molecule has 0 radical (unpaired) electrons. The van der Waals surface area contributed by atoms with Crippen molar-refractivity contribution < 1.29 is 52.8 Å². The van der Waals surface area contributed by atoms with Crippen LogP contribution in [-0.2, 0) is 29.6 Å². The van der Waals surface area contributed by atoms with Gasteiger partial charge in [-0.15, -0.1) is 11.6 Å². The number of carbonyl (C=O) groups is 2. The van der Waals surface area contributed by atoms with E-state index in [4.69, 9.17) is 11.6 Å². The summed E-state index contributed by atoms with van der Waals surface area (Å²) in [6.45, 7) is -1.44. The topological polar surface area (TPSA) is 118 Å². The Bertz CT molecular complexity index is 683. The molecule has 0 atom stereocenters. The molecule has 2 amide bonds. The molecule has 23 heavy (non-hydrogen) atoms. The molecule has 0 aliphatic heterocycles. The highest BCUT2D eigenvalue weighted by Gasteiger charge is 2.54. The zero-order valence-electron chi connectivity index (χ0n) is 10.3. The lowest BCUT2D eigenvalue weighted by Gasteiger charge is -2.22. The number of halogens is 7. The number of hydrogen-bond acceptors (Lipinski definition) is 6. The first-order valence-corrected chi connectivity index (χ1v) is 8.27. The third kappa shape index (κ3) is 4.84. The summed E-state index contributed by atoms with van der Waals surface area (Å²) in [5.74, 6) is -6.43. The van der Waals surface area contributed by atoms with Gasteiger partial charge in [0.05, 0.1) is 6.54 Å². The minimum Gasteiger partial charge on any atom is -0.262 e. The van der Waals surface area contributed by atoms with E-state index < -0.39 is 59.6 Å². The summed E-state index contributed by atoms with van der Waals surface area (Å²) in [7, 11) is -12.9. The molecule has 0 spiro atoms. The Morgan fingerprint density at radius 2 is 1.39 bits per heavy atom. The molecule has 0 aromatic heterocycles. The Balaban J connectivity index is 5.66. The monoisotopic (exact) mass is 414 g/mol. The lowest BCUT2D eigenvalue weighted by atomic mass is 10.5. The van der Waals surface area contributed by atoms with E-state index in [2.05, 4.69) is 0 Å². The van der Waals surface area contributed by atoms with Gasteiger partial charge < -0.3 is 0 Å². The van der Waals surface area contributed by atoms with Crippen molar-refractivity contribution in [2.75, 3.05) is 12.4 Å². The van der Waals surface area contributed by atoms with E-state index in [0.29, 0.717) is 0 Å². The second-order valence-corrected chi connectivity index (χ2v) is 7.30.